The monoisotopic (exact) mass is 242 g/mol. The topological polar surface area (TPSA) is 27.0 Å². The molecular weight excluding hydrogens is 220 g/mol. The van der Waals surface area contributed by atoms with Crippen molar-refractivity contribution in [3.63, 3.8) is 0 Å². The molecule has 0 N–H and O–H groups in total. The van der Waals surface area contributed by atoms with Gasteiger partial charge in [-0.1, -0.05) is 44.2 Å². The van der Waals surface area contributed by atoms with E-state index in [2.05, 4.69) is 55.1 Å². The molecule has 0 aliphatic carbocycles. The number of benzene rings is 1. The third-order valence-corrected chi connectivity index (χ3v) is 3.94. The standard InChI is InChI=1S/C16H22N2/c1-13(2)16-10-15(11-17)8-9-18(16)12-14-6-4-3-5-7-14/h3-7,13,15-16H,8-10,12H2,1-2H3. The lowest BCUT2D eigenvalue weighted by atomic mass is 9.86. The Morgan fingerprint density at radius 2 is 2.06 bits per heavy atom. The lowest BCUT2D eigenvalue weighted by Crippen LogP contribution is -2.44. The van der Waals surface area contributed by atoms with Crippen LogP contribution in [0, 0.1) is 23.2 Å². The van der Waals surface area contributed by atoms with Crippen molar-refractivity contribution in [2.45, 2.75) is 39.3 Å². The summed E-state index contributed by atoms with van der Waals surface area (Å²) >= 11 is 0. The highest BCUT2D eigenvalue weighted by Crippen LogP contribution is 2.28. The van der Waals surface area contributed by atoms with Crippen LogP contribution < -0.4 is 0 Å². The van der Waals surface area contributed by atoms with Crippen LogP contribution in [0.4, 0.5) is 0 Å². The molecule has 1 aliphatic rings. The minimum absolute atomic E-state index is 0.254. The van der Waals surface area contributed by atoms with Crippen molar-refractivity contribution < 1.29 is 0 Å². The first kappa shape index (κ1) is 13.1. The van der Waals surface area contributed by atoms with E-state index in [9.17, 15) is 0 Å². The van der Waals surface area contributed by atoms with E-state index < -0.39 is 0 Å². The number of piperidine rings is 1. The van der Waals surface area contributed by atoms with Crippen molar-refractivity contribution in [3.8, 4) is 6.07 Å². The minimum atomic E-state index is 0.254. The van der Waals surface area contributed by atoms with E-state index in [1.54, 1.807) is 0 Å². The van der Waals surface area contributed by atoms with Gasteiger partial charge in [0.15, 0.2) is 0 Å². The Kier molecular flexibility index (Phi) is 4.38. The molecule has 1 fully saturated rings. The Hall–Kier alpha value is -1.33. The summed E-state index contributed by atoms with van der Waals surface area (Å²) in [6.07, 6.45) is 2.05. The molecule has 1 aromatic carbocycles. The molecule has 2 unspecified atom stereocenters. The summed E-state index contributed by atoms with van der Waals surface area (Å²) in [6, 6.07) is 13.6. The molecule has 0 amide bonds. The van der Waals surface area contributed by atoms with Gasteiger partial charge in [-0.15, -0.1) is 0 Å². The number of hydrogen-bond donors (Lipinski definition) is 0. The number of rotatable bonds is 3. The van der Waals surface area contributed by atoms with Crippen molar-refractivity contribution in [1.82, 2.24) is 4.90 Å². The summed E-state index contributed by atoms with van der Waals surface area (Å²) in [7, 11) is 0. The Morgan fingerprint density at radius 3 is 2.67 bits per heavy atom. The normalized spacial score (nSPS) is 25.0. The fraction of sp³-hybridized carbons (Fsp3) is 0.562. The maximum absolute atomic E-state index is 9.10. The summed E-state index contributed by atoms with van der Waals surface area (Å²) in [5.41, 5.74) is 1.37. The van der Waals surface area contributed by atoms with Crippen molar-refractivity contribution in [2.24, 2.45) is 11.8 Å². The van der Waals surface area contributed by atoms with E-state index >= 15 is 0 Å². The molecule has 1 heterocycles. The molecule has 2 atom stereocenters. The molecule has 1 saturated heterocycles. The zero-order valence-electron chi connectivity index (χ0n) is 11.3. The first-order valence-electron chi connectivity index (χ1n) is 6.88. The Labute approximate surface area is 110 Å². The molecule has 2 nitrogen and oxygen atoms in total. The highest BCUT2D eigenvalue weighted by molar-refractivity contribution is 5.15. The molecule has 1 aliphatic heterocycles. The van der Waals surface area contributed by atoms with Crippen LogP contribution in [0.15, 0.2) is 30.3 Å². The van der Waals surface area contributed by atoms with E-state index in [4.69, 9.17) is 5.26 Å². The van der Waals surface area contributed by atoms with Crippen LogP contribution in [0.25, 0.3) is 0 Å². The molecule has 0 radical (unpaired) electrons. The molecule has 96 valence electrons. The van der Waals surface area contributed by atoms with Crippen LogP contribution in [-0.2, 0) is 6.54 Å². The first-order valence-corrected chi connectivity index (χ1v) is 6.88. The molecule has 0 spiro atoms. The van der Waals surface area contributed by atoms with Gasteiger partial charge >= 0.3 is 0 Å². The van der Waals surface area contributed by atoms with E-state index in [1.165, 1.54) is 5.56 Å². The lowest BCUT2D eigenvalue weighted by molar-refractivity contribution is 0.0876. The Bertz CT molecular complexity index is 405. The van der Waals surface area contributed by atoms with Crippen LogP contribution in [0.3, 0.4) is 0 Å². The van der Waals surface area contributed by atoms with Crippen molar-refractivity contribution in [3.05, 3.63) is 35.9 Å². The molecule has 2 rings (SSSR count). The second kappa shape index (κ2) is 6.02. The molecule has 1 aromatic rings. The highest BCUT2D eigenvalue weighted by atomic mass is 15.2. The van der Waals surface area contributed by atoms with Crippen LogP contribution in [0.1, 0.15) is 32.3 Å². The summed E-state index contributed by atoms with van der Waals surface area (Å²) in [6.45, 7) is 6.60. The van der Waals surface area contributed by atoms with Gasteiger partial charge in [0.25, 0.3) is 0 Å². The summed E-state index contributed by atoms with van der Waals surface area (Å²) in [4.78, 5) is 2.55. The van der Waals surface area contributed by atoms with Crippen molar-refractivity contribution in [2.75, 3.05) is 6.54 Å². The van der Waals surface area contributed by atoms with Gasteiger partial charge in [0.1, 0.15) is 0 Å². The van der Waals surface area contributed by atoms with Gasteiger partial charge in [0, 0.05) is 25.0 Å². The fourth-order valence-corrected chi connectivity index (χ4v) is 2.87. The highest BCUT2D eigenvalue weighted by Gasteiger charge is 2.30. The summed E-state index contributed by atoms with van der Waals surface area (Å²) in [5.74, 6) is 0.870. The molecule has 0 bridgehead atoms. The van der Waals surface area contributed by atoms with Crippen LogP contribution >= 0.6 is 0 Å². The predicted molar refractivity (Wildman–Crippen MR) is 73.8 cm³/mol. The average Bonchev–Trinajstić information content (AvgIpc) is 2.40. The van der Waals surface area contributed by atoms with Gasteiger partial charge < -0.3 is 0 Å². The number of nitrogens with zero attached hydrogens (tertiary/aromatic N) is 2. The quantitative estimate of drug-likeness (QED) is 0.811. The lowest BCUT2D eigenvalue weighted by Gasteiger charge is -2.40. The number of likely N-dealkylation sites (tertiary alicyclic amines) is 1. The van der Waals surface area contributed by atoms with E-state index in [0.29, 0.717) is 12.0 Å². The number of hydrogen-bond acceptors (Lipinski definition) is 2. The zero-order valence-corrected chi connectivity index (χ0v) is 11.3. The maximum Gasteiger partial charge on any atom is 0.0656 e. The van der Waals surface area contributed by atoms with Crippen molar-refractivity contribution in [1.29, 1.82) is 5.26 Å². The predicted octanol–water partition coefficient (Wildman–Crippen LogP) is 3.45. The van der Waals surface area contributed by atoms with E-state index in [1.807, 2.05) is 0 Å². The summed E-state index contributed by atoms with van der Waals surface area (Å²) in [5, 5.41) is 9.10. The molecule has 2 heteroatoms. The number of nitriles is 1. The fourth-order valence-electron chi connectivity index (χ4n) is 2.87. The molecular formula is C16H22N2. The average molecular weight is 242 g/mol. The van der Waals surface area contributed by atoms with Gasteiger partial charge in [-0.05, 0) is 24.3 Å². The summed E-state index contributed by atoms with van der Waals surface area (Å²) < 4.78 is 0. The van der Waals surface area contributed by atoms with Crippen molar-refractivity contribution >= 4 is 0 Å². The van der Waals surface area contributed by atoms with Gasteiger partial charge in [-0.25, -0.2) is 0 Å². The maximum atomic E-state index is 9.10. The minimum Gasteiger partial charge on any atom is -0.296 e. The Balaban J connectivity index is 2.05. The SMILES string of the molecule is CC(C)C1CC(C#N)CCN1Cc1ccccc1. The van der Waals surface area contributed by atoms with E-state index in [0.717, 1.165) is 25.9 Å². The van der Waals surface area contributed by atoms with Crippen LogP contribution in [0.5, 0.6) is 0 Å². The Morgan fingerprint density at radius 1 is 1.33 bits per heavy atom. The third kappa shape index (κ3) is 3.11. The molecule has 0 aromatic heterocycles. The molecule has 0 saturated carbocycles. The second-order valence-corrected chi connectivity index (χ2v) is 5.62. The van der Waals surface area contributed by atoms with Crippen LogP contribution in [0.2, 0.25) is 0 Å². The molecule has 18 heavy (non-hydrogen) atoms. The zero-order chi connectivity index (χ0) is 13.0. The van der Waals surface area contributed by atoms with Crippen LogP contribution in [-0.4, -0.2) is 17.5 Å². The van der Waals surface area contributed by atoms with Gasteiger partial charge in [-0.2, -0.15) is 5.26 Å². The van der Waals surface area contributed by atoms with Gasteiger partial charge in [0.2, 0.25) is 0 Å². The second-order valence-electron chi connectivity index (χ2n) is 5.62. The smallest absolute Gasteiger partial charge is 0.0656 e. The third-order valence-electron chi connectivity index (χ3n) is 3.94. The first-order chi connectivity index (χ1) is 8.70. The van der Waals surface area contributed by atoms with Gasteiger partial charge in [0.05, 0.1) is 6.07 Å². The van der Waals surface area contributed by atoms with Gasteiger partial charge in [-0.3, -0.25) is 4.90 Å². The largest absolute Gasteiger partial charge is 0.296 e. The van der Waals surface area contributed by atoms with E-state index in [-0.39, 0.29) is 5.92 Å².